The number of nitrogens with zero attached hydrogens (tertiary/aromatic N) is 1. The van der Waals surface area contributed by atoms with Crippen molar-refractivity contribution < 1.29 is 21.6 Å². The van der Waals surface area contributed by atoms with Crippen molar-refractivity contribution in [1.82, 2.24) is 5.16 Å². The molecular formula is C17H12F4N2OS2. The maximum atomic E-state index is 13.4. The molecule has 0 atom stereocenters. The molecule has 0 amide bonds. The van der Waals surface area contributed by atoms with Gasteiger partial charge in [-0.25, -0.2) is 0 Å². The number of nitrogens with one attached hydrogen (secondary N) is 1. The topological polar surface area (TPSA) is 38.1 Å². The quantitative estimate of drug-likeness (QED) is 0.293. The molecule has 3 rings (SSSR count). The number of halogens is 4. The molecule has 3 aromatic rings. The van der Waals surface area contributed by atoms with Crippen LogP contribution >= 0.6 is 24.1 Å². The third-order valence-electron chi connectivity index (χ3n) is 3.64. The molecule has 0 unspecified atom stereocenters. The van der Waals surface area contributed by atoms with E-state index < -0.39 is 11.9 Å². The Morgan fingerprint density at radius 2 is 1.58 bits per heavy atom. The van der Waals surface area contributed by atoms with Crippen LogP contribution in [-0.4, -0.2) is 11.4 Å². The first kappa shape index (κ1) is 18.7. The predicted molar refractivity (Wildman–Crippen MR) is 96.5 cm³/mol. The Kier molecular flexibility index (Phi) is 5.47. The van der Waals surface area contributed by atoms with Gasteiger partial charge in [0.1, 0.15) is 5.69 Å². The van der Waals surface area contributed by atoms with Gasteiger partial charge in [0.2, 0.25) is 5.76 Å². The third kappa shape index (κ3) is 3.83. The Morgan fingerprint density at radius 1 is 0.962 bits per heavy atom. The Labute approximate surface area is 155 Å². The molecule has 0 fully saturated rings. The van der Waals surface area contributed by atoms with Gasteiger partial charge in [-0.3, -0.25) is 0 Å². The lowest BCUT2D eigenvalue weighted by atomic mass is 9.98. The number of aromatic nitrogens is 1. The van der Waals surface area contributed by atoms with Crippen LogP contribution in [0.3, 0.4) is 0 Å². The zero-order valence-electron chi connectivity index (χ0n) is 13.3. The zero-order valence-corrected chi connectivity index (χ0v) is 14.9. The standard InChI is InChI=1S/C17H12F4N2OS2/c1-25-13-8-4-11(5-9-13)15-14(16(24-22-15)17(18,19)20)10-2-6-12(7-3-10)23-26-21/h2-9,23H,1H3. The molecule has 0 aliphatic heterocycles. The van der Waals surface area contributed by atoms with Gasteiger partial charge < -0.3 is 9.25 Å². The molecule has 0 radical (unpaired) electrons. The molecule has 0 saturated carbocycles. The second kappa shape index (κ2) is 7.63. The number of hydrogen-bond donors (Lipinski definition) is 1. The Bertz CT molecular complexity index is 877. The molecule has 1 heterocycles. The third-order valence-corrected chi connectivity index (χ3v) is 4.70. The van der Waals surface area contributed by atoms with E-state index >= 15 is 0 Å². The molecular weight excluding hydrogens is 388 g/mol. The van der Waals surface area contributed by atoms with Crippen LogP contribution in [0.5, 0.6) is 0 Å². The van der Waals surface area contributed by atoms with E-state index in [1.54, 1.807) is 24.3 Å². The summed E-state index contributed by atoms with van der Waals surface area (Å²) in [6.45, 7) is 0. The normalized spacial score (nSPS) is 11.6. The molecule has 0 aliphatic rings. The number of anilines is 1. The molecule has 9 heteroatoms. The van der Waals surface area contributed by atoms with Crippen molar-refractivity contribution in [3.63, 3.8) is 0 Å². The van der Waals surface area contributed by atoms with Gasteiger partial charge in [-0.2, -0.15) is 13.2 Å². The van der Waals surface area contributed by atoms with E-state index in [4.69, 9.17) is 0 Å². The van der Waals surface area contributed by atoms with E-state index in [9.17, 15) is 17.1 Å². The largest absolute Gasteiger partial charge is 0.453 e. The maximum Gasteiger partial charge on any atom is 0.453 e. The van der Waals surface area contributed by atoms with Gasteiger partial charge in [0.15, 0.2) is 12.3 Å². The molecule has 0 spiro atoms. The van der Waals surface area contributed by atoms with Crippen LogP contribution in [0.2, 0.25) is 0 Å². The minimum absolute atomic E-state index is 0.0939. The molecule has 2 aromatic carbocycles. The van der Waals surface area contributed by atoms with E-state index in [1.807, 2.05) is 6.26 Å². The minimum Gasteiger partial charge on any atom is -0.350 e. The molecule has 0 bridgehead atoms. The van der Waals surface area contributed by atoms with Gasteiger partial charge >= 0.3 is 6.18 Å². The van der Waals surface area contributed by atoms with Crippen LogP contribution in [0, 0.1) is 0 Å². The summed E-state index contributed by atoms with van der Waals surface area (Å²) in [5.74, 6) is -1.16. The van der Waals surface area contributed by atoms with E-state index in [0.29, 0.717) is 11.3 Å². The monoisotopic (exact) mass is 400 g/mol. The highest BCUT2D eigenvalue weighted by molar-refractivity contribution is 7.98. The summed E-state index contributed by atoms with van der Waals surface area (Å²) < 4.78 is 59.4. The van der Waals surface area contributed by atoms with E-state index in [-0.39, 0.29) is 29.2 Å². The summed E-state index contributed by atoms with van der Waals surface area (Å²) in [5, 5.41) is 3.66. The first-order valence-corrected chi connectivity index (χ1v) is 9.23. The maximum absolute atomic E-state index is 13.4. The summed E-state index contributed by atoms with van der Waals surface area (Å²) in [4.78, 5) is 0.981. The van der Waals surface area contributed by atoms with Crippen molar-refractivity contribution >= 4 is 29.8 Å². The molecule has 1 aromatic heterocycles. The number of thioether (sulfide) groups is 1. The van der Waals surface area contributed by atoms with Crippen molar-refractivity contribution in [1.29, 1.82) is 0 Å². The summed E-state index contributed by atoms with van der Waals surface area (Å²) >= 11 is 1.43. The fourth-order valence-electron chi connectivity index (χ4n) is 2.45. The number of hydrogen-bond acceptors (Lipinski definition) is 5. The highest BCUT2D eigenvalue weighted by Crippen LogP contribution is 2.43. The van der Waals surface area contributed by atoms with Gasteiger partial charge in [-0.05, 0) is 36.1 Å². The lowest BCUT2D eigenvalue weighted by Crippen LogP contribution is -2.05. The van der Waals surface area contributed by atoms with Crippen molar-refractivity contribution in [2.24, 2.45) is 0 Å². The summed E-state index contributed by atoms with van der Waals surface area (Å²) in [5.41, 5.74) is 1.17. The van der Waals surface area contributed by atoms with Crippen LogP contribution in [0.25, 0.3) is 22.4 Å². The second-order valence-electron chi connectivity index (χ2n) is 5.22. The summed E-state index contributed by atoms with van der Waals surface area (Å²) in [6, 6.07) is 12.9. The van der Waals surface area contributed by atoms with Gasteiger partial charge in [-0.15, -0.1) is 15.6 Å². The van der Waals surface area contributed by atoms with E-state index in [1.165, 1.54) is 36.0 Å². The molecule has 3 nitrogen and oxygen atoms in total. The average Bonchev–Trinajstić information content (AvgIpc) is 3.08. The molecule has 0 saturated heterocycles. The minimum atomic E-state index is -4.69. The first-order valence-electron chi connectivity index (χ1n) is 7.29. The van der Waals surface area contributed by atoms with Crippen LogP contribution in [0.1, 0.15) is 5.76 Å². The van der Waals surface area contributed by atoms with Crippen molar-refractivity contribution in [2.45, 2.75) is 11.1 Å². The van der Waals surface area contributed by atoms with Gasteiger partial charge in [0.25, 0.3) is 0 Å². The highest BCUT2D eigenvalue weighted by atomic mass is 32.2. The molecule has 136 valence electrons. The summed E-state index contributed by atoms with van der Waals surface area (Å²) in [6.07, 6.45) is -2.78. The Balaban J connectivity index is 2.12. The smallest absolute Gasteiger partial charge is 0.350 e. The average molecular weight is 400 g/mol. The fourth-order valence-corrected chi connectivity index (χ4v) is 3.08. The lowest BCUT2D eigenvalue weighted by Gasteiger charge is -2.08. The van der Waals surface area contributed by atoms with Crippen molar-refractivity contribution in [3.8, 4) is 22.4 Å². The SMILES string of the molecule is CSc1ccc(-c2noc(C(F)(F)F)c2-c2ccc(NSF)cc2)cc1. The Morgan fingerprint density at radius 3 is 2.12 bits per heavy atom. The second-order valence-corrected chi connectivity index (χ2v) is 6.46. The molecule has 0 aliphatic carbocycles. The van der Waals surface area contributed by atoms with Crippen LogP contribution < -0.4 is 4.72 Å². The van der Waals surface area contributed by atoms with Crippen LogP contribution in [-0.2, 0) is 6.18 Å². The lowest BCUT2D eigenvalue weighted by molar-refractivity contribution is -0.154. The number of benzene rings is 2. The summed E-state index contributed by atoms with van der Waals surface area (Å²) in [7, 11) is 0. The van der Waals surface area contributed by atoms with E-state index in [2.05, 4.69) is 14.4 Å². The first-order chi connectivity index (χ1) is 12.4. The van der Waals surface area contributed by atoms with Gasteiger partial charge in [0, 0.05) is 16.1 Å². The molecule has 26 heavy (non-hydrogen) atoms. The number of alkyl halides is 3. The number of rotatable bonds is 5. The highest BCUT2D eigenvalue weighted by Gasteiger charge is 2.41. The zero-order chi connectivity index (χ0) is 18.7. The van der Waals surface area contributed by atoms with Crippen LogP contribution in [0.4, 0.5) is 22.7 Å². The van der Waals surface area contributed by atoms with Gasteiger partial charge in [-0.1, -0.05) is 29.4 Å². The Hall–Kier alpha value is -2.13. The van der Waals surface area contributed by atoms with E-state index in [0.717, 1.165) is 4.90 Å². The predicted octanol–water partition coefficient (Wildman–Crippen LogP) is 6.69. The molecule has 1 N–H and O–H groups in total. The van der Waals surface area contributed by atoms with Crippen LogP contribution in [0.15, 0.2) is 57.9 Å². The fraction of sp³-hybridized carbons (Fsp3) is 0.118. The van der Waals surface area contributed by atoms with Crippen molar-refractivity contribution in [3.05, 3.63) is 54.3 Å². The van der Waals surface area contributed by atoms with Crippen molar-refractivity contribution in [2.75, 3.05) is 11.0 Å². The van der Waals surface area contributed by atoms with Gasteiger partial charge in [0.05, 0.1) is 5.56 Å².